The summed E-state index contributed by atoms with van der Waals surface area (Å²) in [6.45, 7) is 1.99. The predicted molar refractivity (Wildman–Crippen MR) is 55.1 cm³/mol. The Morgan fingerprint density at radius 1 is 1.46 bits per heavy atom. The molecule has 13 heavy (non-hydrogen) atoms. The number of H-pyrrole nitrogens is 1. The second-order valence-corrected chi connectivity index (χ2v) is 3.71. The first-order valence-corrected chi connectivity index (χ1v) is 4.70. The van der Waals surface area contributed by atoms with Gasteiger partial charge in [-0.2, -0.15) is 5.10 Å². The number of methoxy groups -OCH3 is 1. The van der Waals surface area contributed by atoms with Gasteiger partial charge in [-0.15, -0.1) is 0 Å². The average Bonchev–Trinajstić information content (AvgIpc) is 2.48. The Balaban J connectivity index is 2.80. The molecule has 68 valence electrons. The van der Waals surface area contributed by atoms with E-state index in [2.05, 4.69) is 26.1 Å². The summed E-state index contributed by atoms with van der Waals surface area (Å²) >= 11 is 3.44. The molecule has 0 aliphatic rings. The number of aryl methyl sites for hydroxylation is 1. The number of nitrogens with zero attached hydrogens (tertiary/aromatic N) is 1. The fourth-order valence-corrected chi connectivity index (χ4v) is 1.82. The maximum atomic E-state index is 5.16. The zero-order valence-electron chi connectivity index (χ0n) is 7.39. The highest BCUT2D eigenvalue weighted by Gasteiger charge is 2.07. The van der Waals surface area contributed by atoms with Crippen LogP contribution >= 0.6 is 15.9 Å². The summed E-state index contributed by atoms with van der Waals surface area (Å²) in [5, 5.41) is 8.19. The molecular formula is C9H9BrN2O. The van der Waals surface area contributed by atoms with Gasteiger partial charge in [-0.05, 0) is 35.0 Å². The van der Waals surface area contributed by atoms with Crippen molar-refractivity contribution in [2.75, 3.05) is 7.11 Å². The van der Waals surface area contributed by atoms with Crippen LogP contribution in [-0.2, 0) is 0 Å². The number of benzene rings is 1. The Morgan fingerprint density at radius 3 is 2.92 bits per heavy atom. The summed E-state index contributed by atoms with van der Waals surface area (Å²) in [6, 6.07) is 3.88. The Morgan fingerprint density at radius 2 is 2.23 bits per heavy atom. The fraction of sp³-hybridized carbons (Fsp3) is 0.222. The molecule has 0 aliphatic heterocycles. The van der Waals surface area contributed by atoms with Crippen LogP contribution in [0.4, 0.5) is 0 Å². The van der Waals surface area contributed by atoms with Crippen LogP contribution in [0.1, 0.15) is 5.69 Å². The summed E-state index contributed by atoms with van der Waals surface area (Å²) in [7, 11) is 1.66. The molecule has 0 saturated heterocycles. The zero-order valence-corrected chi connectivity index (χ0v) is 8.97. The molecule has 2 rings (SSSR count). The first kappa shape index (κ1) is 8.56. The Bertz CT molecular complexity index is 450. The lowest BCUT2D eigenvalue weighted by atomic mass is 10.2. The van der Waals surface area contributed by atoms with Crippen LogP contribution in [0.2, 0.25) is 0 Å². The fourth-order valence-electron chi connectivity index (χ4n) is 1.29. The van der Waals surface area contributed by atoms with E-state index in [1.807, 2.05) is 19.1 Å². The van der Waals surface area contributed by atoms with Gasteiger partial charge in [-0.25, -0.2) is 0 Å². The van der Waals surface area contributed by atoms with Crippen LogP contribution in [0.15, 0.2) is 16.6 Å². The van der Waals surface area contributed by atoms with Gasteiger partial charge in [0, 0.05) is 15.6 Å². The van der Waals surface area contributed by atoms with Gasteiger partial charge in [-0.1, -0.05) is 0 Å². The lowest BCUT2D eigenvalue weighted by Crippen LogP contribution is -1.82. The van der Waals surface area contributed by atoms with E-state index in [1.54, 1.807) is 7.11 Å². The van der Waals surface area contributed by atoms with E-state index < -0.39 is 0 Å². The summed E-state index contributed by atoms with van der Waals surface area (Å²) in [6.07, 6.45) is 0. The summed E-state index contributed by atoms with van der Waals surface area (Å²) < 4.78 is 6.11. The van der Waals surface area contributed by atoms with Crippen LogP contribution in [-0.4, -0.2) is 17.3 Å². The molecule has 0 spiro atoms. The molecule has 2 aromatic rings. The van der Waals surface area contributed by atoms with Crippen molar-refractivity contribution < 1.29 is 4.74 Å². The van der Waals surface area contributed by atoms with Gasteiger partial charge >= 0.3 is 0 Å². The molecular weight excluding hydrogens is 232 g/mol. The predicted octanol–water partition coefficient (Wildman–Crippen LogP) is 2.64. The van der Waals surface area contributed by atoms with E-state index in [9.17, 15) is 0 Å². The summed E-state index contributed by atoms with van der Waals surface area (Å²) in [4.78, 5) is 0. The third-order valence-electron chi connectivity index (χ3n) is 2.01. The number of aromatic amines is 1. The van der Waals surface area contributed by atoms with Gasteiger partial charge < -0.3 is 4.74 Å². The van der Waals surface area contributed by atoms with Gasteiger partial charge in [0.05, 0.1) is 7.11 Å². The molecule has 0 bridgehead atoms. The van der Waals surface area contributed by atoms with E-state index in [4.69, 9.17) is 4.74 Å². The minimum atomic E-state index is 0.837. The van der Waals surface area contributed by atoms with Crippen molar-refractivity contribution in [2.24, 2.45) is 0 Å². The minimum Gasteiger partial charge on any atom is -0.497 e. The second kappa shape index (κ2) is 3.03. The molecule has 0 radical (unpaired) electrons. The molecule has 0 aliphatic carbocycles. The van der Waals surface area contributed by atoms with Gasteiger partial charge in [0.2, 0.25) is 0 Å². The quantitative estimate of drug-likeness (QED) is 0.833. The van der Waals surface area contributed by atoms with Gasteiger partial charge in [0.15, 0.2) is 0 Å². The van der Waals surface area contributed by atoms with Crippen molar-refractivity contribution in [3.63, 3.8) is 0 Å². The third-order valence-corrected chi connectivity index (χ3v) is 2.62. The van der Waals surface area contributed by atoms with Crippen LogP contribution in [0.25, 0.3) is 10.9 Å². The number of hydrogen-bond donors (Lipinski definition) is 1. The molecule has 3 nitrogen and oxygen atoms in total. The largest absolute Gasteiger partial charge is 0.497 e. The van der Waals surface area contributed by atoms with Crippen LogP contribution in [0, 0.1) is 6.92 Å². The number of rotatable bonds is 1. The zero-order chi connectivity index (χ0) is 9.42. The minimum absolute atomic E-state index is 0.837. The number of halogens is 1. The van der Waals surface area contributed by atoms with Crippen molar-refractivity contribution in [3.8, 4) is 5.75 Å². The number of hydrogen-bond acceptors (Lipinski definition) is 2. The molecule has 1 aromatic heterocycles. The average molecular weight is 241 g/mol. The Kier molecular flexibility index (Phi) is 2.00. The van der Waals surface area contributed by atoms with Crippen molar-refractivity contribution in [1.29, 1.82) is 0 Å². The molecule has 0 amide bonds. The van der Waals surface area contributed by atoms with Crippen LogP contribution < -0.4 is 4.74 Å². The molecule has 1 aromatic carbocycles. The van der Waals surface area contributed by atoms with E-state index in [0.717, 1.165) is 26.8 Å². The maximum absolute atomic E-state index is 5.16. The monoisotopic (exact) mass is 240 g/mol. The van der Waals surface area contributed by atoms with Crippen molar-refractivity contribution in [3.05, 3.63) is 22.3 Å². The number of fused-ring (bicyclic) bond motifs is 1. The van der Waals surface area contributed by atoms with Crippen molar-refractivity contribution >= 4 is 26.8 Å². The van der Waals surface area contributed by atoms with Crippen molar-refractivity contribution in [1.82, 2.24) is 10.2 Å². The van der Waals surface area contributed by atoms with E-state index in [0.29, 0.717) is 0 Å². The van der Waals surface area contributed by atoms with Gasteiger partial charge in [-0.3, -0.25) is 5.10 Å². The molecule has 4 heteroatoms. The van der Waals surface area contributed by atoms with E-state index in [-0.39, 0.29) is 0 Å². The smallest absolute Gasteiger partial charge is 0.120 e. The molecule has 0 saturated carbocycles. The lowest BCUT2D eigenvalue weighted by Gasteiger charge is -2.00. The number of aromatic nitrogens is 2. The maximum Gasteiger partial charge on any atom is 0.120 e. The second-order valence-electron chi connectivity index (χ2n) is 2.85. The Labute approximate surface area is 84.2 Å². The van der Waals surface area contributed by atoms with Crippen LogP contribution in [0.5, 0.6) is 5.75 Å². The summed E-state index contributed by atoms with van der Waals surface area (Å²) in [5.41, 5.74) is 1.99. The first-order valence-electron chi connectivity index (χ1n) is 3.90. The van der Waals surface area contributed by atoms with E-state index in [1.165, 1.54) is 0 Å². The lowest BCUT2D eigenvalue weighted by molar-refractivity contribution is 0.415. The number of nitrogens with one attached hydrogen (secondary N) is 1. The standard InChI is InChI=1S/C9H9BrN2O/c1-5-7-3-6(13-2)4-8(10)9(7)12-11-5/h3-4H,1-2H3,(H,11,12). The molecule has 1 heterocycles. The highest BCUT2D eigenvalue weighted by molar-refractivity contribution is 9.10. The Hall–Kier alpha value is -1.03. The SMILES string of the molecule is COc1cc(Br)c2n[nH]c(C)c2c1. The molecule has 0 unspecified atom stereocenters. The van der Waals surface area contributed by atoms with E-state index >= 15 is 0 Å². The molecule has 0 atom stereocenters. The van der Waals surface area contributed by atoms with Gasteiger partial charge in [0.25, 0.3) is 0 Å². The third kappa shape index (κ3) is 1.31. The first-order chi connectivity index (χ1) is 6.22. The highest BCUT2D eigenvalue weighted by atomic mass is 79.9. The van der Waals surface area contributed by atoms with Gasteiger partial charge in [0.1, 0.15) is 11.3 Å². The highest BCUT2D eigenvalue weighted by Crippen LogP contribution is 2.29. The molecule has 1 N–H and O–H groups in total. The number of ether oxygens (including phenoxy) is 1. The normalized spacial score (nSPS) is 10.7. The van der Waals surface area contributed by atoms with Crippen molar-refractivity contribution in [2.45, 2.75) is 6.92 Å². The topological polar surface area (TPSA) is 37.9 Å². The summed E-state index contributed by atoms with van der Waals surface area (Å²) in [5.74, 6) is 0.837. The van der Waals surface area contributed by atoms with Crippen LogP contribution in [0.3, 0.4) is 0 Å². The molecule has 0 fully saturated rings.